The maximum atomic E-state index is 12.3. The zero-order valence-electron chi connectivity index (χ0n) is 9.96. The third-order valence-corrected chi connectivity index (χ3v) is 3.25. The van der Waals surface area contributed by atoms with Crippen molar-refractivity contribution in [3.05, 3.63) is 23.8 Å². The smallest absolute Gasteiger partial charge is 0.257 e. The summed E-state index contributed by atoms with van der Waals surface area (Å²) < 4.78 is 11.0. The Hall–Kier alpha value is -1.75. The van der Waals surface area contributed by atoms with Crippen molar-refractivity contribution in [2.75, 3.05) is 26.3 Å². The summed E-state index contributed by atoms with van der Waals surface area (Å²) in [5.41, 5.74) is 0.515. The normalized spacial score (nSPS) is 22.1. The molecule has 5 nitrogen and oxygen atoms in total. The zero-order valence-corrected chi connectivity index (χ0v) is 9.96. The molecule has 1 aromatic carbocycles. The average molecular weight is 249 g/mol. The van der Waals surface area contributed by atoms with Crippen molar-refractivity contribution < 1.29 is 19.4 Å². The zero-order chi connectivity index (χ0) is 12.5. The summed E-state index contributed by atoms with van der Waals surface area (Å²) in [7, 11) is 0. The van der Waals surface area contributed by atoms with Gasteiger partial charge < -0.3 is 19.5 Å². The van der Waals surface area contributed by atoms with Crippen molar-refractivity contribution in [2.24, 2.45) is 0 Å². The number of aliphatic hydroxyl groups is 1. The largest absolute Gasteiger partial charge is 0.486 e. The first kappa shape index (κ1) is 11.3. The molecule has 0 bridgehead atoms. The third kappa shape index (κ3) is 1.90. The summed E-state index contributed by atoms with van der Waals surface area (Å²) in [5, 5.41) is 9.48. The highest BCUT2D eigenvalue weighted by Gasteiger charge is 2.29. The van der Waals surface area contributed by atoms with Crippen molar-refractivity contribution in [3.63, 3.8) is 0 Å². The fourth-order valence-corrected chi connectivity index (χ4v) is 2.34. The van der Waals surface area contributed by atoms with Gasteiger partial charge in [-0.3, -0.25) is 4.79 Å². The van der Waals surface area contributed by atoms with Gasteiger partial charge in [0, 0.05) is 13.1 Å². The van der Waals surface area contributed by atoms with E-state index in [-0.39, 0.29) is 5.91 Å². The number of nitrogens with zero attached hydrogens (tertiary/aromatic N) is 1. The second kappa shape index (κ2) is 4.49. The summed E-state index contributed by atoms with van der Waals surface area (Å²) in [6, 6.07) is 5.32. The summed E-state index contributed by atoms with van der Waals surface area (Å²) in [5.74, 6) is 1.04. The van der Waals surface area contributed by atoms with Crippen LogP contribution in [0.15, 0.2) is 18.2 Å². The predicted molar refractivity (Wildman–Crippen MR) is 64.0 cm³/mol. The summed E-state index contributed by atoms with van der Waals surface area (Å²) in [4.78, 5) is 14.0. The predicted octanol–water partition coefficient (Wildman–Crippen LogP) is 0.665. The van der Waals surface area contributed by atoms with Crippen LogP contribution in [0.3, 0.4) is 0 Å². The number of benzene rings is 1. The van der Waals surface area contributed by atoms with Crippen molar-refractivity contribution in [3.8, 4) is 11.5 Å². The monoisotopic (exact) mass is 249 g/mol. The molecule has 0 aliphatic carbocycles. The number of rotatable bonds is 1. The molecular weight excluding hydrogens is 234 g/mol. The molecule has 0 spiro atoms. The van der Waals surface area contributed by atoms with Crippen LogP contribution in [-0.2, 0) is 0 Å². The summed E-state index contributed by atoms with van der Waals surface area (Å²) >= 11 is 0. The topological polar surface area (TPSA) is 59.0 Å². The number of hydrogen-bond acceptors (Lipinski definition) is 4. The molecule has 1 saturated heterocycles. The number of carbonyl (C=O) groups excluding carboxylic acids is 1. The molecule has 1 atom stereocenters. The van der Waals surface area contributed by atoms with Gasteiger partial charge in [0.15, 0.2) is 11.5 Å². The summed E-state index contributed by atoms with van der Waals surface area (Å²) in [6.45, 7) is 1.95. The minimum Gasteiger partial charge on any atom is -0.486 e. The van der Waals surface area contributed by atoms with E-state index in [1.54, 1.807) is 23.1 Å². The van der Waals surface area contributed by atoms with Gasteiger partial charge >= 0.3 is 0 Å². The average Bonchev–Trinajstić information content (AvgIpc) is 2.84. The minimum atomic E-state index is -0.411. The van der Waals surface area contributed by atoms with E-state index in [9.17, 15) is 9.90 Å². The minimum absolute atomic E-state index is 0.103. The van der Waals surface area contributed by atoms with Gasteiger partial charge in [-0.05, 0) is 18.6 Å². The fraction of sp³-hybridized carbons (Fsp3) is 0.462. The molecule has 1 amide bonds. The second-order valence-corrected chi connectivity index (χ2v) is 4.52. The Bertz CT molecular complexity index is 474. The highest BCUT2D eigenvalue weighted by atomic mass is 16.6. The van der Waals surface area contributed by atoms with Gasteiger partial charge in [0.2, 0.25) is 0 Å². The molecule has 0 saturated carbocycles. The van der Waals surface area contributed by atoms with Crippen LogP contribution >= 0.6 is 0 Å². The van der Waals surface area contributed by atoms with Crippen LogP contribution in [0, 0.1) is 0 Å². The van der Waals surface area contributed by atoms with Crippen LogP contribution < -0.4 is 9.47 Å². The molecule has 5 heteroatoms. The quantitative estimate of drug-likeness (QED) is 0.794. The SMILES string of the molecule is O=C(c1cccc2c1OCCO2)N1CCC(O)C1. The lowest BCUT2D eigenvalue weighted by Crippen LogP contribution is -2.30. The molecule has 3 rings (SSSR count). The number of ether oxygens (including phenoxy) is 2. The molecule has 2 aliphatic rings. The second-order valence-electron chi connectivity index (χ2n) is 4.52. The Balaban J connectivity index is 1.90. The molecule has 0 aromatic heterocycles. The van der Waals surface area contributed by atoms with Gasteiger partial charge in [0.1, 0.15) is 13.2 Å². The highest BCUT2D eigenvalue weighted by molar-refractivity contribution is 5.98. The highest BCUT2D eigenvalue weighted by Crippen LogP contribution is 2.34. The molecule has 0 radical (unpaired) electrons. The fourth-order valence-electron chi connectivity index (χ4n) is 2.34. The van der Waals surface area contributed by atoms with Crippen LogP contribution in [0.1, 0.15) is 16.8 Å². The van der Waals surface area contributed by atoms with Crippen LogP contribution in [-0.4, -0.2) is 48.3 Å². The Morgan fingerprint density at radius 2 is 2.17 bits per heavy atom. The number of likely N-dealkylation sites (tertiary alicyclic amines) is 1. The molecule has 2 heterocycles. The molecule has 1 unspecified atom stereocenters. The van der Waals surface area contributed by atoms with Crippen LogP contribution in [0.25, 0.3) is 0 Å². The number of carbonyl (C=O) groups is 1. The molecule has 1 aromatic rings. The first-order chi connectivity index (χ1) is 8.75. The molecule has 1 fully saturated rings. The maximum Gasteiger partial charge on any atom is 0.257 e. The van der Waals surface area contributed by atoms with E-state index in [2.05, 4.69) is 0 Å². The van der Waals surface area contributed by atoms with E-state index in [4.69, 9.17) is 9.47 Å². The molecule has 18 heavy (non-hydrogen) atoms. The van der Waals surface area contributed by atoms with Gasteiger partial charge in [-0.15, -0.1) is 0 Å². The van der Waals surface area contributed by atoms with Gasteiger partial charge in [-0.2, -0.15) is 0 Å². The standard InChI is InChI=1S/C13H15NO4/c15-9-4-5-14(8-9)13(16)10-2-1-3-11-12(10)18-7-6-17-11/h1-3,9,15H,4-8H2. The first-order valence-electron chi connectivity index (χ1n) is 6.11. The number of amides is 1. The Morgan fingerprint density at radius 1 is 1.33 bits per heavy atom. The number of para-hydroxylation sites is 1. The van der Waals surface area contributed by atoms with Crippen molar-refractivity contribution >= 4 is 5.91 Å². The van der Waals surface area contributed by atoms with E-state index in [0.29, 0.717) is 49.8 Å². The van der Waals surface area contributed by atoms with Gasteiger partial charge in [-0.25, -0.2) is 0 Å². The molecule has 2 aliphatic heterocycles. The van der Waals surface area contributed by atoms with Crippen molar-refractivity contribution in [2.45, 2.75) is 12.5 Å². The number of aliphatic hydroxyl groups excluding tert-OH is 1. The molecular formula is C13H15NO4. The number of hydrogen-bond donors (Lipinski definition) is 1. The maximum absolute atomic E-state index is 12.3. The lowest BCUT2D eigenvalue weighted by Gasteiger charge is -2.23. The molecule has 1 N–H and O–H groups in total. The number of fused-ring (bicyclic) bond motifs is 1. The Labute approximate surface area is 105 Å². The van der Waals surface area contributed by atoms with Crippen molar-refractivity contribution in [1.82, 2.24) is 4.90 Å². The third-order valence-electron chi connectivity index (χ3n) is 3.25. The molecule has 96 valence electrons. The lowest BCUT2D eigenvalue weighted by molar-refractivity contribution is 0.0754. The van der Waals surface area contributed by atoms with E-state index in [0.717, 1.165) is 0 Å². The van der Waals surface area contributed by atoms with Crippen LogP contribution in [0.2, 0.25) is 0 Å². The van der Waals surface area contributed by atoms with E-state index >= 15 is 0 Å². The van der Waals surface area contributed by atoms with Gasteiger partial charge in [-0.1, -0.05) is 6.07 Å². The first-order valence-corrected chi connectivity index (χ1v) is 6.11. The van der Waals surface area contributed by atoms with Gasteiger partial charge in [0.05, 0.1) is 11.7 Å². The van der Waals surface area contributed by atoms with Crippen LogP contribution in [0.4, 0.5) is 0 Å². The summed E-state index contributed by atoms with van der Waals surface area (Å²) in [6.07, 6.45) is 0.226. The lowest BCUT2D eigenvalue weighted by atomic mass is 10.1. The Morgan fingerprint density at radius 3 is 2.94 bits per heavy atom. The van der Waals surface area contributed by atoms with Gasteiger partial charge in [0.25, 0.3) is 5.91 Å². The van der Waals surface area contributed by atoms with E-state index in [1.165, 1.54) is 0 Å². The van der Waals surface area contributed by atoms with Crippen LogP contribution in [0.5, 0.6) is 11.5 Å². The van der Waals surface area contributed by atoms with E-state index in [1.807, 2.05) is 0 Å². The Kier molecular flexibility index (Phi) is 2.83. The number of β-amino-alcohol motifs (C(OH)–C–C–N with tert-alkyl or cyclic N) is 1. The van der Waals surface area contributed by atoms with Crippen molar-refractivity contribution in [1.29, 1.82) is 0 Å². The van der Waals surface area contributed by atoms with E-state index < -0.39 is 6.10 Å².